The lowest BCUT2D eigenvalue weighted by atomic mass is 9.82. The van der Waals surface area contributed by atoms with Crippen molar-refractivity contribution in [2.24, 2.45) is 16.8 Å². The highest BCUT2D eigenvalue weighted by molar-refractivity contribution is 5.85. The summed E-state index contributed by atoms with van der Waals surface area (Å²) in [5.74, 6) is 3.12. The number of hydrogen-bond donors (Lipinski definition) is 0. The minimum atomic E-state index is 0.781. The van der Waals surface area contributed by atoms with Crippen LogP contribution in [0.5, 0.6) is 0 Å². The fourth-order valence-corrected chi connectivity index (χ4v) is 2.51. The lowest BCUT2D eigenvalue weighted by Gasteiger charge is -2.29. The van der Waals surface area contributed by atoms with Gasteiger partial charge in [0.1, 0.15) is 5.84 Å². The van der Waals surface area contributed by atoms with E-state index in [4.69, 9.17) is 0 Å². The van der Waals surface area contributed by atoms with E-state index in [2.05, 4.69) is 23.9 Å². The average Bonchev–Trinajstić information content (AvgIpc) is 2.53. The highest BCUT2D eigenvalue weighted by Gasteiger charge is 2.26. The van der Waals surface area contributed by atoms with Gasteiger partial charge in [-0.3, -0.25) is 4.99 Å². The number of aliphatic imine (C=N–C) groups is 1. The van der Waals surface area contributed by atoms with Crippen molar-refractivity contribution in [1.82, 2.24) is 4.90 Å². The molecule has 0 aromatic rings. The highest BCUT2D eigenvalue weighted by atomic mass is 15.2. The minimum Gasteiger partial charge on any atom is -0.361 e. The Kier molecular flexibility index (Phi) is 2.56. The number of amidine groups is 1. The number of likely N-dealkylation sites (N-methyl/N-ethyl adjacent to an activating group) is 1. The molecule has 0 N–H and O–H groups in total. The molecule has 2 aliphatic rings. The smallest absolute Gasteiger partial charge is 0.102 e. The van der Waals surface area contributed by atoms with E-state index >= 15 is 0 Å². The van der Waals surface area contributed by atoms with Crippen LogP contribution >= 0.6 is 0 Å². The maximum absolute atomic E-state index is 4.61. The highest BCUT2D eigenvalue weighted by Crippen LogP contribution is 2.30. The third kappa shape index (κ3) is 1.87. The second-order valence-corrected chi connectivity index (χ2v) is 4.62. The summed E-state index contributed by atoms with van der Waals surface area (Å²) in [4.78, 5) is 6.96. The topological polar surface area (TPSA) is 15.6 Å². The number of rotatable bonds is 1. The molecule has 2 heteroatoms. The van der Waals surface area contributed by atoms with Crippen molar-refractivity contribution in [2.45, 2.75) is 32.6 Å². The van der Waals surface area contributed by atoms with Gasteiger partial charge in [-0.15, -0.1) is 0 Å². The Labute approximate surface area is 81.0 Å². The number of nitrogens with zero attached hydrogens (tertiary/aromatic N) is 2. The van der Waals surface area contributed by atoms with Crippen molar-refractivity contribution in [3.8, 4) is 0 Å². The van der Waals surface area contributed by atoms with Gasteiger partial charge in [0.2, 0.25) is 0 Å². The first-order chi connectivity index (χ1) is 6.27. The Bertz CT molecular complexity index is 202. The molecule has 1 fully saturated rings. The maximum Gasteiger partial charge on any atom is 0.102 e. The van der Waals surface area contributed by atoms with Gasteiger partial charge in [0.25, 0.3) is 0 Å². The first kappa shape index (κ1) is 9.04. The molecule has 2 rings (SSSR count). The normalized spacial score (nSPS) is 34.9. The predicted octanol–water partition coefficient (Wildman–Crippen LogP) is 2.16. The lowest BCUT2D eigenvalue weighted by molar-refractivity contribution is 0.329. The lowest BCUT2D eigenvalue weighted by Crippen LogP contribution is -2.31. The van der Waals surface area contributed by atoms with Gasteiger partial charge >= 0.3 is 0 Å². The molecule has 1 aliphatic carbocycles. The van der Waals surface area contributed by atoms with Gasteiger partial charge in [-0.25, -0.2) is 0 Å². The summed E-state index contributed by atoms with van der Waals surface area (Å²) >= 11 is 0. The largest absolute Gasteiger partial charge is 0.361 e. The molecule has 0 aromatic heterocycles. The first-order valence-electron chi connectivity index (χ1n) is 5.53. The Balaban J connectivity index is 1.94. The molecule has 0 radical (unpaired) electrons. The summed E-state index contributed by atoms with van der Waals surface area (Å²) in [5, 5.41) is 0. The third-order valence-corrected chi connectivity index (χ3v) is 3.48. The maximum atomic E-state index is 4.61. The SMILES string of the molecule is CC1CCC(C2=NCCN2C)CC1. The summed E-state index contributed by atoms with van der Waals surface area (Å²) in [7, 11) is 2.18. The van der Waals surface area contributed by atoms with Crippen LogP contribution in [0.1, 0.15) is 32.6 Å². The Morgan fingerprint density at radius 2 is 1.92 bits per heavy atom. The van der Waals surface area contributed by atoms with E-state index in [-0.39, 0.29) is 0 Å². The van der Waals surface area contributed by atoms with E-state index < -0.39 is 0 Å². The molecule has 0 unspecified atom stereocenters. The second kappa shape index (κ2) is 3.69. The van der Waals surface area contributed by atoms with Crippen molar-refractivity contribution >= 4 is 5.84 Å². The van der Waals surface area contributed by atoms with Gasteiger partial charge in [-0.05, 0) is 18.8 Å². The molecule has 74 valence electrons. The molecule has 0 atom stereocenters. The zero-order chi connectivity index (χ0) is 9.26. The predicted molar refractivity (Wildman–Crippen MR) is 56.1 cm³/mol. The van der Waals surface area contributed by atoms with E-state index in [1.807, 2.05) is 0 Å². The number of hydrogen-bond acceptors (Lipinski definition) is 2. The van der Waals surface area contributed by atoms with E-state index in [1.54, 1.807) is 0 Å². The second-order valence-electron chi connectivity index (χ2n) is 4.62. The molecule has 0 aromatic carbocycles. The van der Waals surface area contributed by atoms with Gasteiger partial charge < -0.3 is 4.90 Å². The van der Waals surface area contributed by atoms with Crippen molar-refractivity contribution < 1.29 is 0 Å². The van der Waals surface area contributed by atoms with Crippen LogP contribution in [-0.2, 0) is 0 Å². The summed E-state index contributed by atoms with van der Waals surface area (Å²) in [6.07, 6.45) is 5.53. The third-order valence-electron chi connectivity index (χ3n) is 3.48. The van der Waals surface area contributed by atoms with Crippen LogP contribution < -0.4 is 0 Å². The van der Waals surface area contributed by atoms with Crippen LogP contribution in [0.15, 0.2) is 4.99 Å². The minimum absolute atomic E-state index is 0.781. The molecular formula is C11H20N2. The molecule has 1 heterocycles. The van der Waals surface area contributed by atoms with Crippen molar-refractivity contribution in [2.75, 3.05) is 20.1 Å². The zero-order valence-corrected chi connectivity index (χ0v) is 8.79. The molecule has 0 spiro atoms. The average molecular weight is 180 g/mol. The quantitative estimate of drug-likeness (QED) is 0.603. The molecule has 13 heavy (non-hydrogen) atoms. The molecule has 1 aliphatic heterocycles. The van der Waals surface area contributed by atoms with Gasteiger partial charge in [0.15, 0.2) is 0 Å². The Morgan fingerprint density at radius 3 is 2.46 bits per heavy atom. The van der Waals surface area contributed by atoms with Crippen LogP contribution in [0.25, 0.3) is 0 Å². The van der Waals surface area contributed by atoms with Gasteiger partial charge in [-0.2, -0.15) is 0 Å². The summed E-state index contributed by atoms with van der Waals surface area (Å²) < 4.78 is 0. The molecule has 0 amide bonds. The van der Waals surface area contributed by atoms with E-state index in [9.17, 15) is 0 Å². The Morgan fingerprint density at radius 1 is 1.23 bits per heavy atom. The molecule has 0 bridgehead atoms. The van der Waals surface area contributed by atoms with Crippen molar-refractivity contribution in [3.63, 3.8) is 0 Å². The first-order valence-corrected chi connectivity index (χ1v) is 5.53. The van der Waals surface area contributed by atoms with E-state index in [0.717, 1.165) is 24.9 Å². The fourth-order valence-electron chi connectivity index (χ4n) is 2.51. The fraction of sp³-hybridized carbons (Fsp3) is 0.909. The summed E-state index contributed by atoms with van der Waals surface area (Å²) in [5.41, 5.74) is 0. The molecule has 1 saturated carbocycles. The van der Waals surface area contributed by atoms with Crippen LogP contribution in [0.2, 0.25) is 0 Å². The van der Waals surface area contributed by atoms with Gasteiger partial charge in [0.05, 0.1) is 6.54 Å². The van der Waals surface area contributed by atoms with Crippen LogP contribution in [-0.4, -0.2) is 30.9 Å². The van der Waals surface area contributed by atoms with Gasteiger partial charge in [-0.1, -0.05) is 19.8 Å². The van der Waals surface area contributed by atoms with Crippen molar-refractivity contribution in [1.29, 1.82) is 0 Å². The van der Waals surface area contributed by atoms with Crippen LogP contribution in [0.4, 0.5) is 0 Å². The van der Waals surface area contributed by atoms with E-state index in [1.165, 1.54) is 31.5 Å². The monoisotopic (exact) mass is 180 g/mol. The zero-order valence-electron chi connectivity index (χ0n) is 8.79. The molecule has 2 nitrogen and oxygen atoms in total. The van der Waals surface area contributed by atoms with Crippen LogP contribution in [0, 0.1) is 11.8 Å². The van der Waals surface area contributed by atoms with Crippen molar-refractivity contribution in [3.05, 3.63) is 0 Å². The summed E-state index contributed by atoms with van der Waals surface area (Å²) in [6.45, 7) is 4.54. The molecular weight excluding hydrogens is 160 g/mol. The van der Waals surface area contributed by atoms with E-state index in [0.29, 0.717) is 0 Å². The molecule has 0 saturated heterocycles. The summed E-state index contributed by atoms with van der Waals surface area (Å²) in [6, 6.07) is 0. The van der Waals surface area contributed by atoms with Gasteiger partial charge in [0, 0.05) is 19.5 Å². The van der Waals surface area contributed by atoms with Crippen LogP contribution in [0.3, 0.4) is 0 Å². The standard InChI is InChI=1S/C11H20N2/c1-9-3-5-10(6-4-9)11-12-7-8-13(11)2/h9-10H,3-8H2,1-2H3. The Hall–Kier alpha value is -0.530.